The van der Waals surface area contributed by atoms with Gasteiger partial charge >= 0.3 is 0 Å². The zero-order chi connectivity index (χ0) is 32.6. The number of hydrogen-bond donors (Lipinski definition) is 2. The number of aliphatic hydroxyl groups is 1. The van der Waals surface area contributed by atoms with Gasteiger partial charge in [0.05, 0.1) is 23.7 Å². The lowest BCUT2D eigenvalue weighted by Crippen LogP contribution is -2.45. The van der Waals surface area contributed by atoms with E-state index in [0.29, 0.717) is 0 Å². The fourth-order valence-corrected chi connectivity index (χ4v) is 7.67. The van der Waals surface area contributed by atoms with Crippen LogP contribution in [0.5, 0.6) is 0 Å². The van der Waals surface area contributed by atoms with E-state index in [1.807, 2.05) is 36.4 Å². The van der Waals surface area contributed by atoms with Crippen molar-refractivity contribution in [2.45, 2.75) is 75.6 Å². The Labute approximate surface area is 279 Å². The first-order valence-electron chi connectivity index (χ1n) is 16.9. The van der Waals surface area contributed by atoms with Crippen molar-refractivity contribution in [1.29, 1.82) is 0 Å². The van der Waals surface area contributed by atoms with Crippen molar-refractivity contribution in [1.82, 2.24) is 9.62 Å². The predicted molar refractivity (Wildman–Crippen MR) is 185 cm³/mol. The third-order valence-corrected chi connectivity index (χ3v) is 10.9. The molecule has 8 heteroatoms. The Morgan fingerprint density at radius 3 is 2.13 bits per heavy atom. The molecule has 0 radical (unpaired) electrons. The van der Waals surface area contributed by atoms with Crippen molar-refractivity contribution < 1.29 is 23.0 Å². The minimum atomic E-state index is -3.60. The van der Waals surface area contributed by atoms with E-state index in [0.717, 1.165) is 53.0 Å². The fraction of sp³-hybridized carbons (Fsp3) is 0.385. The normalized spacial score (nSPS) is 22.8. The van der Waals surface area contributed by atoms with E-state index in [2.05, 4.69) is 52.9 Å². The highest BCUT2D eigenvalue weighted by molar-refractivity contribution is 7.89. The zero-order valence-corrected chi connectivity index (χ0v) is 27.9. The van der Waals surface area contributed by atoms with Crippen molar-refractivity contribution in [2.75, 3.05) is 19.6 Å². The highest BCUT2D eigenvalue weighted by Crippen LogP contribution is 2.42. The van der Waals surface area contributed by atoms with Crippen LogP contribution in [-0.4, -0.2) is 44.2 Å². The second kappa shape index (κ2) is 15.7. The van der Waals surface area contributed by atoms with Gasteiger partial charge in [0.2, 0.25) is 10.0 Å². The number of benzene rings is 4. The molecule has 4 atom stereocenters. The summed E-state index contributed by atoms with van der Waals surface area (Å²) in [5.74, 6) is 0.151. The lowest BCUT2D eigenvalue weighted by molar-refractivity contribution is -0.276. The average Bonchev–Trinajstić information content (AvgIpc) is 3.10. The van der Waals surface area contributed by atoms with Crippen LogP contribution in [-0.2, 0) is 32.6 Å². The first-order valence-corrected chi connectivity index (χ1v) is 18.3. The third kappa shape index (κ3) is 8.57. The standard InChI is InChI=1S/C39H46N2O5S/c1-29-37(27-41-23-8-3-2-4-9-24-41)45-39(46-38(29)33-17-15-30(28-42)16-18-33)34-21-19-32(20-22-34)35-12-10-11-31(25-35)26-40-47(43,44)36-13-6-5-7-14-36/h5-7,10-22,25,29,37-40,42H,2-4,8-9,23-24,26-28H2,1H3/t29-,37+,38+,39+/m1/s1. The minimum Gasteiger partial charge on any atom is -0.392 e. The minimum absolute atomic E-state index is 0.00622. The molecule has 2 N–H and O–H groups in total. The van der Waals surface area contributed by atoms with Crippen molar-refractivity contribution in [3.8, 4) is 11.1 Å². The Bertz CT molecular complexity index is 1670. The van der Waals surface area contributed by atoms with E-state index in [1.54, 1.807) is 30.3 Å². The molecule has 2 heterocycles. The van der Waals surface area contributed by atoms with Crippen LogP contribution in [0.3, 0.4) is 0 Å². The SMILES string of the molecule is C[C@@H]1[C@H](CN2CCCCCCC2)O[C@H](c2ccc(-c3cccc(CNS(=O)(=O)c4ccccc4)c3)cc2)O[C@@H]1c1ccc(CO)cc1. The molecule has 0 saturated carbocycles. The van der Waals surface area contributed by atoms with E-state index >= 15 is 0 Å². The first kappa shape index (κ1) is 33.5. The Balaban J connectivity index is 1.18. The molecule has 248 valence electrons. The number of likely N-dealkylation sites (tertiary alicyclic amines) is 1. The number of hydrogen-bond acceptors (Lipinski definition) is 6. The summed E-state index contributed by atoms with van der Waals surface area (Å²) in [5.41, 5.74) is 5.85. The summed E-state index contributed by atoms with van der Waals surface area (Å²) in [7, 11) is -3.60. The van der Waals surface area contributed by atoms with Gasteiger partial charge in [-0.15, -0.1) is 0 Å². The first-order chi connectivity index (χ1) is 22.9. The molecular formula is C39H46N2O5S. The number of nitrogens with zero attached hydrogens (tertiary/aromatic N) is 1. The number of nitrogens with one attached hydrogen (secondary N) is 1. The van der Waals surface area contributed by atoms with Gasteiger partial charge in [-0.1, -0.05) is 111 Å². The van der Waals surface area contributed by atoms with Crippen LogP contribution in [0.15, 0.2) is 108 Å². The Hall–Kier alpha value is -3.37. The molecule has 0 aliphatic carbocycles. The smallest absolute Gasteiger partial charge is 0.240 e. The van der Waals surface area contributed by atoms with E-state index in [1.165, 1.54) is 32.1 Å². The summed E-state index contributed by atoms with van der Waals surface area (Å²) < 4.78 is 41.6. The van der Waals surface area contributed by atoms with Crippen molar-refractivity contribution in [2.24, 2.45) is 5.92 Å². The van der Waals surface area contributed by atoms with Crippen molar-refractivity contribution in [3.63, 3.8) is 0 Å². The topological polar surface area (TPSA) is 88.1 Å². The second-order valence-corrected chi connectivity index (χ2v) is 14.6. The highest BCUT2D eigenvalue weighted by Gasteiger charge is 2.39. The Morgan fingerprint density at radius 2 is 1.43 bits per heavy atom. The van der Waals surface area contributed by atoms with Gasteiger partial charge in [-0.25, -0.2) is 13.1 Å². The zero-order valence-electron chi connectivity index (χ0n) is 27.1. The molecule has 0 aromatic heterocycles. The molecule has 2 fully saturated rings. The molecule has 0 bridgehead atoms. The molecular weight excluding hydrogens is 609 g/mol. The van der Waals surface area contributed by atoms with Gasteiger partial charge in [-0.3, -0.25) is 0 Å². The molecule has 47 heavy (non-hydrogen) atoms. The lowest BCUT2D eigenvalue weighted by Gasteiger charge is -2.43. The fourth-order valence-electron chi connectivity index (χ4n) is 6.63. The van der Waals surface area contributed by atoms with Crippen LogP contribution in [0.2, 0.25) is 0 Å². The molecule has 0 spiro atoms. The van der Waals surface area contributed by atoms with Gasteiger partial charge in [-0.2, -0.15) is 0 Å². The van der Waals surface area contributed by atoms with Gasteiger partial charge in [0.15, 0.2) is 6.29 Å². The molecule has 7 nitrogen and oxygen atoms in total. The van der Waals surface area contributed by atoms with Gasteiger partial charge < -0.3 is 19.5 Å². The quantitative estimate of drug-likeness (QED) is 0.186. The molecule has 0 unspecified atom stereocenters. The Morgan fingerprint density at radius 1 is 0.745 bits per heavy atom. The van der Waals surface area contributed by atoms with Crippen LogP contribution in [0.25, 0.3) is 11.1 Å². The second-order valence-electron chi connectivity index (χ2n) is 12.9. The summed E-state index contributed by atoms with van der Waals surface area (Å²) in [6.45, 7) is 5.54. The van der Waals surface area contributed by atoms with Crippen molar-refractivity contribution >= 4 is 10.0 Å². The summed E-state index contributed by atoms with van der Waals surface area (Å²) in [6.07, 6.45) is 5.73. The molecule has 2 saturated heterocycles. The maximum absolute atomic E-state index is 12.7. The van der Waals surface area contributed by atoms with Gasteiger partial charge in [-0.05, 0) is 71.9 Å². The summed E-state index contributed by atoms with van der Waals surface area (Å²) >= 11 is 0. The highest BCUT2D eigenvalue weighted by atomic mass is 32.2. The van der Waals surface area contributed by atoms with Crippen LogP contribution < -0.4 is 4.72 Å². The van der Waals surface area contributed by atoms with E-state index < -0.39 is 16.3 Å². The summed E-state index contributed by atoms with van der Waals surface area (Å²) in [5, 5.41) is 9.59. The maximum Gasteiger partial charge on any atom is 0.240 e. The predicted octanol–water partition coefficient (Wildman–Crippen LogP) is 7.38. The molecule has 2 aliphatic rings. The van der Waals surface area contributed by atoms with Gasteiger partial charge in [0.25, 0.3) is 0 Å². The molecule has 0 amide bonds. The van der Waals surface area contributed by atoms with E-state index in [9.17, 15) is 13.5 Å². The number of aliphatic hydroxyl groups excluding tert-OH is 1. The molecule has 2 aliphatic heterocycles. The lowest BCUT2D eigenvalue weighted by atomic mass is 9.89. The maximum atomic E-state index is 12.7. The van der Waals surface area contributed by atoms with Crippen LogP contribution in [0.4, 0.5) is 0 Å². The molecule has 6 rings (SSSR count). The number of rotatable bonds is 10. The van der Waals surface area contributed by atoms with Crippen molar-refractivity contribution in [3.05, 3.63) is 125 Å². The largest absolute Gasteiger partial charge is 0.392 e. The third-order valence-electron chi connectivity index (χ3n) is 9.47. The van der Waals surface area contributed by atoms with Gasteiger partial charge in [0, 0.05) is 24.6 Å². The number of sulfonamides is 1. The molecule has 4 aromatic carbocycles. The van der Waals surface area contributed by atoms with E-state index in [4.69, 9.17) is 9.47 Å². The van der Waals surface area contributed by atoms with Gasteiger partial charge in [0.1, 0.15) is 0 Å². The summed E-state index contributed by atoms with van der Waals surface area (Å²) in [4.78, 5) is 2.83. The van der Waals surface area contributed by atoms with Crippen LogP contribution in [0, 0.1) is 5.92 Å². The number of ether oxygens (including phenoxy) is 2. The average molecular weight is 655 g/mol. The monoisotopic (exact) mass is 654 g/mol. The van der Waals surface area contributed by atoms with Crippen LogP contribution >= 0.6 is 0 Å². The summed E-state index contributed by atoms with van der Waals surface area (Å²) in [6, 6.07) is 32.7. The van der Waals surface area contributed by atoms with Crippen LogP contribution in [0.1, 0.15) is 73.7 Å². The van der Waals surface area contributed by atoms with E-state index in [-0.39, 0.29) is 36.2 Å². The Kier molecular flexibility index (Phi) is 11.2. The molecule has 4 aromatic rings.